The molecule has 4 rings (SSSR count). The van der Waals surface area contributed by atoms with Gasteiger partial charge in [-0.05, 0) is 34.3 Å². The summed E-state index contributed by atoms with van der Waals surface area (Å²) >= 11 is 3.33. The van der Waals surface area contributed by atoms with Crippen molar-refractivity contribution < 1.29 is 14.3 Å². The maximum absolute atomic E-state index is 13.2. The van der Waals surface area contributed by atoms with Gasteiger partial charge < -0.3 is 14.4 Å². The molecule has 148 valence electrons. The number of pyridine rings is 1. The molecule has 7 nitrogen and oxygen atoms in total. The smallest absolute Gasteiger partial charge is 0.277 e. The van der Waals surface area contributed by atoms with Crippen LogP contribution in [0.2, 0.25) is 0 Å². The molecule has 1 amide bonds. The largest absolute Gasteiger partial charge is 0.482 e. The summed E-state index contributed by atoms with van der Waals surface area (Å²) in [7, 11) is 1.70. The Morgan fingerprint density at radius 2 is 1.89 bits per heavy atom. The van der Waals surface area contributed by atoms with Crippen LogP contribution in [-0.2, 0) is 11.3 Å². The van der Waals surface area contributed by atoms with E-state index < -0.39 is 0 Å². The zero-order valence-electron chi connectivity index (χ0n) is 15.6. The minimum atomic E-state index is -0.316. The van der Waals surface area contributed by atoms with Gasteiger partial charge in [-0.25, -0.2) is 0 Å². The summed E-state index contributed by atoms with van der Waals surface area (Å²) in [5.74, 6) is -0.109. The molecule has 0 saturated carbocycles. The molecule has 3 heterocycles. The fourth-order valence-corrected chi connectivity index (χ4v) is 4.01. The van der Waals surface area contributed by atoms with E-state index in [4.69, 9.17) is 9.47 Å². The summed E-state index contributed by atoms with van der Waals surface area (Å²) in [5.41, 5.74) is 0.900. The predicted molar refractivity (Wildman–Crippen MR) is 108 cm³/mol. The van der Waals surface area contributed by atoms with Gasteiger partial charge in [-0.1, -0.05) is 30.3 Å². The first-order valence-corrected chi connectivity index (χ1v) is 10.1. The van der Waals surface area contributed by atoms with E-state index in [9.17, 15) is 9.59 Å². The monoisotopic (exact) mass is 447 g/mol. The van der Waals surface area contributed by atoms with Crippen molar-refractivity contribution in [1.82, 2.24) is 9.58 Å². The zero-order valence-corrected chi connectivity index (χ0v) is 17.2. The second-order valence-corrected chi connectivity index (χ2v) is 7.83. The summed E-state index contributed by atoms with van der Waals surface area (Å²) in [4.78, 5) is 27.7. The normalized spacial score (nSPS) is 19.1. The molecule has 1 aromatic carbocycles. The van der Waals surface area contributed by atoms with Crippen molar-refractivity contribution in [3.05, 3.63) is 62.5 Å². The van der Waals surface area contributed by atoms with E-state index >= 15 is 0 Å². The van der Waals surface area contributed by atoms with Gasteiger partial charge >= 0.3 is 0 Å². The van der Waals surface area contributed by atoms with Crippen LogP contribution in [0.5, 0.6) is 5.75 Å². The van der Waals surface area contributed by atoms with Crippen molar-refractivity contribution in [2.75, 3.05) is 31.9 Å². The number of ether oxygens (including phenoxy) is 2. The maximum Gasteiger partial charge on any atom is 0.277 e. The Morgan fingerprint density at radius 3 is 2.64 bits per heavy atom. The first kappa shape index (κ1) is 19.0. The average Bonchev–Trinajstić information content (AvgIpc) is 2.69. The number of hydrogen-bond acceptors (Lipinski definition) is 5. The van der Waals surface area contributed by atoms with E-state index in [-0.39, 0.29) is 35.5 Å². The Kier molecular flexibility index (Phi) is 5.41. The third-order valence-electron chi connectivity index (χ3n) is 5.22. The summed E-state index contributed by atoms with van der Waals surface area (Å²) in [6.07, 6.45) is 3.39. The van der Waals surface area contributed by atoms with Crippen molar-refractivity contribution >= 4 is 21.8 Å². The van der Waals surface area contributed by atoms with Gasteiger partial charge in [0.15, 0.2) is 11.4 Å². The fraction of sp³-hybridized carbons (Fsp3) is 0.400. The number of hydrogen-bond donors (Lipinski definition) is 0. The van der Waals surface area contributed by atoms with Crippen molar-refractivity contribution in [1.29, 1.82) is 0 Å². The molecule has 1 aromatic heterocycles. The lowest BCUT2D eigenvalue weighted by Gasteiger charge is -2.42. The van der Waals surface area contributed by atoms with Crippen LogP contribution in [0.1, 0.15) is 28.9 Å². The van der Waals surface area contributed by atoms with Crippen molar-refractivity contribution in [2.24, 2.45) is 0 Å². The van der Waals surface area contributed by atoms with Crippen LogP contribution in [0, 0.1) is 0 Å². The second-order valence-electron chi connectivity index (χ2n) is 6.98. The summed E-state index contributed by atoms with van der Waals surface area (Å²) in [5, 5.41) is 2.04. The molecule has 1 unspecified atom stereocenters. The zero-order chi connectivity index (χ0) is 19.7. The average molecular weight is 448 g/mol. The van der Waals surface area contributed by atoms with Gasteiger partial charge in [-0.2, -0.15) is 0 Å². The summed E-state index contributed by atoms with van der Waals surface area (Å²) in [6, 6.07) is 9.59. The highest BCUT2D eigenvalue weighted by Gasteiger charge is 2.35. The lowest BCUT2D eigenvalue weighted by molar-refractivity contribution is 0.0472. The van der Waals surface area contributed by atoms with Crippen LogP contribution in [0.15, 0.2) is 45.8 Å². The number of nitrogens with zero attached hydrogens (tertiary/aromatic N) is 3. The second kappa shape index (κ2) is 7.97. The number of carbonyl (C=O) groups is 1. The quantitative estimate of drug-likeness (QED) is 0.719. The molecule has 2 bridgehead atoms. The molecule has 2 aliphatic heterocycles. The Labute approximate surface area is 171 Å². The lowest BCUT2D eigenvalue weighted by atomic mass is 10.1. The first-order chi connectivity index (χ1) is 13.6. The number of aromatic nitrogens is 1. The molecule has 0 radical (unpaired) electrons. The SMILES string of the molecule is COC1CCN2CN(CC1)n1cc(Br)c(=O)c(OCc3ccccc3)c1C2=O. The van der Waals surface area contributed by atoms with Crippen LogP contribution in [0.3, 0.4) is 0 Å². The van der Waals surface area contributed by atoms with E-state index in [0.717, 1.165) is 18.4 Å². The minimum absolute atomic E-state index is 0.0850. The van der Waals surface area contributed by atoms with Crippen LogP contribution in [-0.4, -0.2) is 48.5 Å². The predicted octanol–water partition coefficient (Wildman–Crippen LogP) is 2.35. The molecule has 1 fully saturated rings. The van der Waals surface area contributed by atoms with E-state index in [0.29, 0.717) is 24.2 Å². The minimum Gasteiger partial charge on any atom is -0.482 e. The van der Waals surface area contributed by atoms with Crippen molar-refractivity contribution in [3.8, 4) is 5.75 Å². The fourth-order valence-electron chi connectivity index (χ4n) is 3.64. The van der Waals surface area contributed by atoms with Crippen molar-refractivity contribution in [3.63, 3.8) is 0 Å². The standard InChI is InChI=1S/C20H22BrN3O4/c1-27-15-7-9-22-13-23(10-8-15)24-11-16(21)18(25)19(17(24)20(22)26)28-12-14-5-3-2-4-6-14/h2-6,11,15H,7-10,12-13H2,1H3. The number of carbonyl (C=O) groups excluding carboxylic acids is 1. The Morgan fingerprint density at radius 1 is 1.14 bits per heavy atom. The van der Waals surface area contributed by atoms with Crippen LogP contribution < -0.4 is 15.2 Å². The third-order valence-corrected chi connectivity index (χ3v) is 5.79. The molecule has 2 aromatic rings. The molecule has 2 aliphatic rings. The van der Waals surface area contributed by atoms with E-state index in [1.165, 1.54) is 0 Å². The Hall–Kier alpha value is -2.32. The summed E-state index contributed by atoms with van der Waals surface area (Å²) in [6.45, 7) is 1.99. The molecule has 0 aliphatic carbocycles. The highest BCUT2D eigenvalue weighted by atomic mass is 79.9. The number of amides is 1. The molecule has 0 spiro atoms. The number of methoxy groups -OCH3 is 1. The Bertz CT molecular complexity index is 931. The van der Waals surface area contributed by atoms with Gasteiger partial charge in [-0.3, -0.25) is 19.3 Å². The number of halogens is 1. The van der Waals surface area contributed by atoms with Gasteiger partial charge in [-0.15, -0.1) is 0 Å². The third kappa shape index (κ3) is 3.54. The molecule has 28 heavy (non-hydrogen) atoms. The van der Waals surface area contributed by atoms with Crippen LogP contribution in [0.25, 0.3) is 0 Å². The van der Waals surface area contributed by atoms with Crippen LogP contribution in [0.4, 0.5) is 0 Å². The topological polar surface area (TPSA) is 64.0 Å². The number of rotatable bonds is 4. The van der Waals surface area contributed by atoms with E-state index in [2.05, 4.69) is 15.9 Å². The Balaban J connectivity index is 1.73. The molecular weight excluding hydrogens is 426 g/mol. The molecule has 8 heteroatoms. The maximum atomic E-state index is 13.2. The van der Waals surface area contributed by atoms with E-state index in [1.54, 1.807) is 22.9 Å². The number of fused-ring (bicyclic) bond motifs is 4. The molecule has 1 saturated heterocycles. The number of benzene rings is 1. The first-order valence-electron chi connectivity index (χ1n) is 9.27. The molecule has 0 N–H and O–H groups in total. The van der Waals surface area contributed by atoms with Crippen molar-refractivity contribution in [2.45, 2.75) is 25.6 Å². The van der Waals surface area contributed by atoms with Gasteiger partial charge in [0, 0.05) is 26.4 Å². The van der Waals surface area contributed by atoms with Gasteiger partial charge in [0.1, 0.15) is 13.3 Å². The van der Waals surface area contributed by atoms with Gasteiger partial charge in [0.25, 0.3) is 5.91 Å². The van der Waals surface area contributed by atoms with Crippen LogP contribution >= 0.6 is 15.9 Å². The molecular formula is C20H22BrN3O4. The highest BCUT2D eigenvalue weighted by molar-refractivity contribution is 9.10. The highest BCUT2D eigenvalue weighted by Crippen LogP contribution is 2.26. The summed E-state index contributed by atoms with van der Waals surface area (Å²) < 4.78 is 13.5. The van der Waals surface area contributed by atoms with E-state index in [1.807, 2.05) is 35.3 Å². The van der Waals surface area contributed by atoms with Gasteiger partial charge in [0.05, 0.1) is 10.6 Å². The molecule has 1 atom stereocenters. The van der Waals surface area contributed by atoms with Gasteiger partial charge in [0.2, 0.25) is 5.43 Å². The lowest BCUT2D eigenvalue weighted by Crippen LogP contribution is -2.56.